The molecule has 4 nitrogen and oxygen atoms in total. The van der Waals surface area contributed by atoms with Crippen molar-refractivity contribution in [3.05, 3.63) is 16.1 Å². The van der Waals surface area contributed by atoms with E-state index in [1.807, 2.05) is 19.5 Å². The number of nitrogens with zero attached hydrogens (tertiary/aromatic N) is 2. The number of rotatable bonds is 6. The van der Waals surface area contributed by atoms with Gasteiger partial charge in [0.25, 0.3) is 0 Å². The second-order valence-corrected chi connectivity index (χ2v) is 4.62. The highest BCUT2D eigenvalue weighted by molar-refractivity contribution is 7.09. The highest BCUT2D eigenvalue weighted by Crippen LogP contribution is 2.12. The number of aromatic nitrogens is 1. The molecule has 0 aliphatic heterocycles. The van der Waals surface area contributed by atoms with Crippen molar-refractivity contribution in [2.75, 3.05) is 20.6 Å². The second-order valence-electron chi connectivity index (χ2n) is 3.68. The largest absolute Gasteiger partial charge is 0.481 e. The van der Waals surface area contributed by atoms with Crippen LogP contribution in [0, 0.1) is 0 Å². The van der Waals surface area contributed by atoms with Crippen LogP contribution < -0.4 is 0 Å². The van der Waals surface area contributed by atoms with Crippen molar-refractivity contribution < 1.29 is 9.90 Å². The van der Waals surface area contributed by atoms with Crippen LogP contribution in [0.4, 0.5) is 0 Å². The Morgan fingerprint density at radius 2 is 2.27 bits per heavy atom. The number of aliphatic carboxylic acids is 1. The molecule has 0 atom stereocenters. The van der Waals surface area contributed by atoms with Gasteiger partial charge in [0.1, 0.15) is 0 Å². The fourth-order valence-corrected chi connectivity index (χ4v) is 1.95. The second kappa shape index (κ2) is 5.82. The summed E-state index contributed by atoms with van der Waals surface area (Å²) in [6.45, 7) is 0.978. The summed E-state index contributed by atoms with van der Waals surface area (Å²) in [7, 11) is 4.05. The number of carboxylic acid groups (broad SMARTS) is 1. The van der Waals surface area contributed by atoms with Crippen molar-refractivity contribution in [2.24, 2.45) is 0 Å². The quantitative estimate of drug-likeness (QED) is 0.796. The summed E-state index contributed by atoms with van der Waals surface area (Å²) in [4.78, 5) is 16.9. The predicted molar refractivity (Wildman–Crippen MR) is 60.3 cm³/mol. The van der Waals surface area contributed by atoms with Gasteiger partial charge in [-0.25, -0.2) is 4.98 Å². The van der Waals surface area contributed by atoms with E-state index >= 15 is 0 Å². The fourth-order valence-electron chi connectivity index (χ4n) is 1.13. The monoisotopic (exact) mass is 228 g/mol. The van der Waals surface area contributed by atoms with Crippen LogP contribution in [0.3, 0.4) is 0 Å². The van der Waals surface area contributed by atoms with E-state index in [9.17, 15) is 4.79 Å². The minimum atomic E-state index is -0.766. The zero-order chi connectivity index (χ0) is 11.3. The zero-order valence-corrected chi connectivity index (χ0v) is 9.88. The third kappa shape index (κ3) is 4.90. The Bertz CT molecular complexity index is 323. The van der Waals surface area contributed by atoms with Gasteiger partial charge in [0.15, 0.2) is 0 Å². The van der Waals surface area contributed by atoms with E-state index in [2.05, 4.69) is 9.88 Å². The molecule has 1 rings (SSSR count). The first kappa shape index (κ1) is 12.1. The zero-order valence-electron chi connectivity index (χ0n) is 9.06. The molecule has 84 valence electrons. The minimum absolute atomic E-state index is 0.164. The molecule has 0 spiro atoms. The van der Waals surface area contributed by atoms with Gasteiger partial charge in [0, 0.05) is 24.8 Å². The number of hydrogen-bond acceptors (Lipinski definition) is 4. The summed E-state index contributed by atoms with van der Waals surface area (Å²) in [5.74, 6) is -0.766. The molecule has 0 aliphatic rings. The molecule has 1 aromatic heterocycles. The van der Waals surface area contributed by atoms with Gasteiger partial charge in [0.2, 0.25) is 0 Å². The molecule has 0 amide bonds. The van der Waals surface area contributed by atoms with Crippen molar-refractivity contribution in [2.45, 2.75) is 19.3 Å². The molecule has 1 N–H and O–H groups in total. The molecule has 0 bridgehead atoms. The van der Waals surface area contributed by atoms with Crippen molar-refractivity contribution in [1.29, 1.82) is 0 Å². The molecule has 0 aliphatic carbocycles. The Morgan fingerprint density at radius 1 is 1.53 bits per heavy atom. The summed E-state index contributed by atoms with van der Waals surface area (Å²) in [5, 5.41) is 11.6. The van der Waals surface area contributed by atoms with E-state index < -0.39 is 5.97 Å². The summed E-state index contributed by atoms with van der Waals surface area (Å²) >= 11 is 1.61. The molecule has 0 saturated heterocycles. The van der Waals surface area contributed by atoms with Gasteiger partial charge in [0.05, 0.1) is 17.1 Å². The maximum absolute atomic E-state index is 10.4. The standard InChI is InChI=1S/C10H16N2O2S/c1-12(2)6-5-9-11-8(7-15-9)3-4-10(13)14/h7H,3-6H2,1-2H3,(H,13,14). The number of aryl methyl sites for hydroxylation is 1. The predicted octanol–water partition coefficient (Wildman–Crippen LogP) is 1.26. The summed E-state index contributed by atoms with van der Waals surface area (Å²) in [6, 6.07) is 0. The van der Waals surface area contributed by atoms with E-state index in [0.29, 0.717) is 6.42 Å². The molecule has 0 aromatic carbocycles. The van der Waals surface area contributed by atoms with Gasteiger partial charge < -0.3 is 10.0 Å². The van der Waals surface area contributed by atoms with E-state index in [-0.39, 0.29) is 6.42 Å². The highest BCUT2D eigenvalue weighted by Gasteiger charge is 2.04. The van der Waals surface area contributed by atoms with Gasteiger partial charge in [-0.3, -0.25) is 4.79 Å². The lowest BCUT2D eigenvalue weighted by atomic mass is 10.2. The number of likely N-dealkylation sites (N-methyl/N-ethyl adjacent to an activating group) is 1. The van der Waals surface area contributed by atoms with Gasteiger partial charge in [-0.05, 0) is 14.1 Å². The topological polar surface area (TPSA) is 53.4 Å². The first-order chi connectivity index (χ1) is 7.08. The first-order valence-corrected chi connectivity index (χ1v) is 5.75. The van der Waals surface area contributed by atoms with Crippen molar-refractivity contribution >= 4 is 17.3 Å². The van der Waals surface area contributed by atoms with Crippen LogP contribution in [0.15, 0.2) is 5.38 Å². The maximum atomic E-state index is 10.4. The summed E-state index contributed by atoms with van der Waals surface area (Å²) < 4.78 is 0. The molecule has 15 heavy (non-hydrogen) atoms. The molecular weight excluding hydrogens is 212 g/mol. The van der Waals surface area contributed by atoms with Crippen LogP contribution in [-0.4, -0.2) is 41.6 Å². The molecule has 0 fully saturated rings. The number of thiazole rings is 1. The Hall–Kier alpha value is -0.940. The van der Waals surface area contributed by atoms with Crippen molar-refractivity contribution in [3.8, 4) is 0 Å². The van der Waals surface area contributed by atoms with Crippen molar-refractivity contribution in [1.82, 2.24) is 9.88 Å². The molecule has 1 heterocycles. The molecule has 0 unspecified atom stereocenters. The SMILES string of the molecule is CN(C)CCc1nc(CCC(=O)O)cs1. The highest BCUT2D eigenvalue weighted by atomic mass is 32.1. The van der Waals surface area contributed by atoms with Crippen LogP contribution >= 0.6 is 11.3 Å². The average molecular weight is 228 g/mol. The van der Waals surface area contributed by atoms with Gasteiger partial charge in [-0.1, -0.05) is 0 Å². The third-order valence-corrected chi connectivity index (χ3v) is 2.92. The number of carbonyl (C=O) groups is 1. The molecule has 5 heteroatoms. The van der Waals surface area contributed by atoms with Crippen LogP contribution in [-0.2, 0) is 17.6 Å². The van der Waals surface area contributed by atoms with Crippen LogP contribution in [0.25, 0.3) is 0 Å². The Kier molecular flexibility index (Phi) is 4.71. The summed E-state index contributed by atoms with van der Waals surface area (Å²) in [5.41, 5.74) is 0.899. The van der Waals surface area contributed by atoms with E-state index in [1.165, 1.54) is 0 Å². The van der Waals surface area contributed by atoms with E-state index in [0.717, 1.165) is 23.7 Å². The Balaban J connectivity index is 2.38. The minimum Gasteiger partial charge on any atom is -0.481 e. The molecule has 0 radical (unpaired) electrons. The van der Waals surface area contributed by atoms with E-state index in [4.69, 9.17) is 5.11 Å². The number of carboxylic acids is 1. The van der Waals surface area contributed by atoms with E-state index in [1.54, 1.807) is 11.3 Å². The molecular formula is C10H16N2O2S. The van der Waals surface area contributed by atoms with Gasteiger partial charge in [-0.2, -0.15) is 0 Å². The van der Waals surface area contributed by atoms with Gasteiger partial charge >= 0.3 is 5.97 Å². The first-order valence-electron chi connectivity index (χ1n) is 4.87. The lowest BCUT2D eigenvalue weighted by molar-refractivity contribution is -0.136. The summed E-state index contributed by atoms with van der Waals surface area (Å²) in [6.07, 6.45) is 1.63. The average Bonchev–Trinajstić information content (AvgIpc) is 2.59. The number of hydrogen-bond donors (Lipinski definition) is 1. The maximum Gasteiger partial charge on any atom is 0.303 e. The van der Waals surface area contributed by atoms with Crippen LogP contribution in [0.2, 0.25) is 0 Å². The Labute approximate surface area is 93.6 Å². The Morgan fingerprint density at radius 3 is 2.87 bits per heavy atom. The fraction of sp³-hybridized carbons (Fsp3) is 0.600. The lowest BCUT2D eigenvalue weighted by Gasteiger charge is -2.06. The van der Waals surface area contributed by atoms with Crippen molar-refractivity contribution in [3.63, 3.8) is 0 Å². The smallest absolute Gasteiger partial charge is 0.303 e. The van der Waals surface area contributed by atoms with Crippen LogP contribution in [0.1, 0.15) is 17.1 Å². The third-order valence-electron chi connectivity index (χ3n) is 1.97. The molecule has 0 saturated carbocycles. The normalized spacial score (nSPS) is 10.9. The molecule has 1 aromatic rings. The van der Waals surface area contributed by atoms with Gasteiger partial charge in [-0.15, -0.1) is 11.3 Å². The van der Waals surface area contributed by atoms with Crippen LogP contribution in [0.5, 0.6) is 0 Å². The lowest BCUT2D eigenvalue weighted by Crippen LogP contribution is -2.14.